The Bertz CT molecular complexity index is 762. The van der Waals surface area contributed by atoms with Gasteiger partial charge in [-0.15, -0.1) is 0 Å². The van der Waals surface area contributed by atoms with E-state index < -0.39 is 11.6 Å². The van der Waals surface area contributed by atoms with Gasteiger partial charge in [-0.25, -0.2) is 4.79 Å². The highest BCUT2D eigenvalue weighted by Crippen LogP contribution is 2.66. The number of methoxy groups -OCH3 is 1. The van der Waals surface area contributed by atoms with Gasteiger partial charge in [-0.2, -0.15) is 0 Å². The van der Waals surface area contributed by atoms with Crippen LogP contribution < -0.4 is 0 Å². The number of hydrogen-bond donors (Lipinski definition) is 1. The molecule has 1 unspecified atom stereocenters. The molecule has 1 saturated carbocycles. The Hall–Kier alpha value is -0.970. The van der Waals surface area contributed by atoms with Crippen LogP contribution in [0.3, 0.4) is 0 Å². The number of hydrogen-bond acceptors (Lipinski definition) is 2. The lowest BCUT2D eigenvalue weighted by Gasteiger charge is -2.60. The summed E-state index contributed by atoms with van der Waals surface area (Å²) in [6, 6.07) is 5.87. The molecule has 1 aromatic carbocycles. The number of halogens is 2. The van der Waals surface area contributed by atoms with E-state index in [-0.39, 0.29) is 16.2 Å². The molecule has 0 aromatic heterocycles. The average molecular weight is 414 g/mol. The number of benzene rings is 1. The zero-order valence-corrected chi connectivity index (χ0v) is 18.2. The van der Waals surface area contributed by atoms with Crippen LogP contribution in [0.15, 0.2) is 18.2 Å². The molecule has 1 amide bonds. The van der Waals surface area contributed by atoms with Gasteiger partial charge in [0.05, 0.1) is 22.2 Å². The van der Waals surface area contributed by atoms with Gasteiger partial charge in [-0.1, -0.05) is 57.0 Å². The lowest BCUT2D eigenvalue weighted by Crippen LogP contribution is -2.67. The molecule has 1 saturated heterocycles. The summed E-state index contributed by atoms with van der Waals surface area (Å²) < 4.78 is 5.60. The molecule has 4 nitrogen and oxygen atoms in total. The first-order chi connectivity index (χ1) is 12.4. The monoisotopic (exact) mass is 413 g/mol. The fraction of sp³-hybridized carbons (Fsp3) is 0.667. The second-order valence-corrected chi connectivity index (χ2v) is 10.3. The maximum Gasteiger partial charge on any atom is 0.407 e. The second kappa shape index (κ2) is 6.53. The molecular formula is C21H29Cl2NO3. The summed E-state index contributed by atoms with van der Waals surface area (Å²) in [6.45, 7) is 9.50. The molecule has 1 aliphatic carbocycles. The van der Waals surface area contributed by atoms with E-state index in [1.54, 1.807) is 12.0 Å². The minimum atomic E-state index is -0.850. The van der Waals surface area contributed by atoms with Crippen LogP contribution in [-0.2, 0) is 10.2 Å². The molecule has 2 fully saturated rings. The van der Waals surface area contributed by atoms with Gasteiger partial charge in [-0.05, 0) is 42.4 Å². The Morgan fingerprint density at radius 3 is 2.44 bits per heavy atom. The van der Waals surface area contributed by atoms with Crippen molar-refractivity contribution in [3.63, 3.8) is 0 Å². The number of fused-ring (bicyclic) bond motifs is 2. The molecule has 1 aliphatic heterocycles. The topological polar surface area (TPSA) is 49.8 Å². The van der Waals surface area contributed by atoms with Crippen LogP contribution in [0.5, 0.6) is 0 Å². The van der Waals surface area contributed by atoms with Gasteiger partial charge in [0.2, 0.25) is 0 Å². The molecule has 0 spiro atoms. The lowest BCUT2D eigenvalue weighted by molar-refractivity contribution is -0.0914. The van der Waals surface area contributed by atoms with E-state index in [2.05, 4.69) is 33.8 Å². The van der Waals surface area contributed by atoms with Crippen LogP contribution in [0.2, 0.25) is 10.0 Å². The summed E-state index contributed by atoms with van der Waals surface area (Å²) in [5.74, 6) is 0. The van der Waals surface area contributed by atoms with Crippen molar-refractivity contribution in [1.29, 1.82) is 0 Å². The summed E-state index contributed by atoms with van der Waals surface area (Å²) >= 11 is 12.5. The van der Waals surface area contributed by atoms with E-state index >= 15 is 0 Å². The normalized spacial score (nSPS) is 33.4. The number of amides is 1. The average Bonchev–Trinajstić information content (AvgIpc) is 2.94. The van der Waals surface area contributed by atoms with Gasteiger partial charge in [0, 0.05) is 24.5 Å². The van der Waals surface area contributed by atoms with Crippen molar-refractivity contribution in [2.45, 2.75) is 57.9 Å². The van der Waals surface area contributed by atoms with Crippen LogP contribution in [-0.4, -0.2) is 41.9 Å². The van der Waals surface area contributed by atoms with Crippen LogP contribution in [0.25, 0.3) is 0 Å². The number of nitrogens with zero attached hydrogens (tertiary/aromatic N) is 1. The van der Waals surface area contributed by atoms with E-state index in [4.69, 9.17) is 27.9 Å². The Morgan fingerprint density at radius 1 is 1.26 bits per heavy atom. The van der Waals surface area contributed by atoms with Crippen LogP contribution >= 0.6 is 23.2 Å². The SMILES string of the molecule is COC[C@]1(C)CN(C(=O)O)C2(C(C)(C)C)CC[C@@]1(c1ccc(Cl)c(Cl)c1)C2. The van der Waals surface area contributed by atoms with Gasteiger partial charge in [0.25, 0.3) is 0 Å². The highest BCUT2D eigenvalue weighted by molar-refractivity contribution is 6.42. The summed E-state index contributed by atoms with van der Waals surface area (Å²) in [6.07, 6.45) is 1.62. The van der Waals surface area contributed by atoms with Crippen molar-refractivity contribution < 1.29 is 14.6 Å². The van der Waals surface area contributed by atoms with Gasteiger partial charge >= 0.3 is 6.09 Å². The quantitative estimate of drug-likeness (QED) is 0.675. The highest BCUT2D eigenvalue weighted by atomic mass is 35.5. The Kier molecular flexibility index (Phi) is 5.02. The van der Waals surface area contributed by atoms with E-state index in [1.165, 1.54) is 0 Å². The first-order valence-electron chi connectivity index (χ1n) is 9.38. The largest absolute Gasteiger partial charge is 0.465 e. The molecule has 1 aromatic rings. The number of rotatable bonds is 3. The van der Waals surface area contributed by atoms with Gasteiger partial charge < -0.3 is 14.7 Å². The highest BCUT2D eigenvalue weighted by Gasteiger charge is 2.68. The van der Waals surface area contributed by atoms with Crippen molar-refractivity contribution in [2.75, 3.05) is 20.3 Å². The molecule has 3 atom stereocenters. The summed E-state index contributed by atoms with van der Waals surface area (Å²) in [7, 11) is 1.68. The second-order valence-electron chi connectivity index (χ2n) is 9.53. The minimum absolute atomic E-state index is 0.183. The Labute approximate surface area is 171 Å². The lowest BCUT2D eigenvalue weighted by atomic mass is 9.54. The summed E-state index contributed by atoms with van der Waals surface area (Å²) in [5, 5.41) is 11.1. The minimum Gasteiger partial charge on any atom is -0.465 e. The molecule has 2 aliphatic rings. The maximum absolute atomic E-state index is 12.3. The standard InChI is InChI=1S/C21H29Cl2NO3/c1-18(2,3)21-9-8-20(11-21,14-6-7-15(22)16(23)10-14)19(4,13-27-5)12-24(21)17(25)26/h6-7,10H,8-9,11-13H2,1-5H3,(H,25,26)/t19-,20-,21?/m0/s1. The molecular weight excluding hydrogens is 385 g/mol. The van der Waals surface area contributed by atoms with Crippen molar-refractivity contribution >= 4 is 29.3 Å². The molecule has 27 heavy (non-hydrogen) atoms. The number of piperidine rings is 1. The fourth-order valence-electron chi connectivity index (χ4n) is 5.68. The number of carboxylic acid groups (broad SMARTS) is 1. The van der Waals surface area contributed by atoms with E-state index in [9.17, 15) is 9.90 Å². The number of ether oxygens (including phenoxy) is 1. The van der Waals surface area contributed by atoms with E-state index in [0.717, 1.165) is 24.8 Å². The Morgan fingerprint density at radius 2 is 1.93 bits per heavy atom. The molecule has 0 radical (unpaired) electrons. The molecule has 150 valence electrons. The zero-order valence-electron chi connectivity index (χ0n) is 16.7. The third-order valence-corrected chi connectivity index (χ3v) is 8.04. The first-order valence-corrected chi connectivity index (χ1v) is 10.1. The molecule has 1 heterocycles. The van der Waals surface area contributed by atoms with Crippen LogP contribution in [0, 0.1) is 10.8 Å². The molecule has 6 heteroatoms. The van der Waals surface area contributed by atoms with Crippen molar-refractivity contribution in [3.8, 4) is 0 Å². The molecule has 3 rings (SSSR count). The van der Waals surface area contributed by atoms with Gasteiger partial charge in [0.15, 0.2) is 0 Å². The molecule has 2 bridgehead atoms. The molecule has 1 N–H and O–H groups in total. The van der Waals surface area contributed by atoms with Gasteiger partial charge in [-0.3, -0.25) is 0 Å². The first kappa shape index (κ1) is 20.8. The van der Waals surface area contributed by atoms with Crippen molar-refractivity contribution in [2.24, 2.45) is 10.8 Å². The smallest absolute Gasteiger partial charge is 0.407 e. The maximum atomic E-state index is 12.3. The number of carbonyl (C=O) groups is 1. The predicted octanol–water partition coefficient (Wildman–Crippen LogP) is 5.85. The van der Waals surface area contributed by atoms with Crippen molar-refractivity contribution in [3.05, 3.63) is 33.8 Å². The van der Waals surface area contributed by atoms with E-state index in [1.807, 2.05) is 12.1 Å². The summed E-state index contributed by atoms with van der Waals surface area (Å²) in [4.78, 5) is 14.0. The van der Waals surface area contributed by atoms with Gasteiger partial charge in [0.1, 0.15) is 0 Å². The summed E-state index contributed by atoms with van der Waals surface area (Å²) in [5.41, 5.74) is -0.0396. The number of likely N-dealkylation sites (tertiary alicyclic amines) is 1. The van der Waals surface area contributed by atoms with Crippen LogP contribution in [0.1, 0.15) is 52.5 Å². The third kappa shape index (κ3) is 2.87. The van der Waals surface area contributed by atoms with E-state index in [0.29, 0.717) is 23.2 Å². The third-order valence-electron chi connectivity index (χ3n) is 7.30. The zero-order chi connectivity index (χ0) is 20.3. The van der Waals surface area contributed by atoms with Crippen molar-refractivity contribution in [1.82, 2.24) is 4.90 Å². The fourth-order valence-corrected chi connectivity index (χ4v) is 5.98. The Balaban J connectivity index is 2.22. The predicted molar refractivity (Wildman–Crippen MR) is 109 cm³/mol. The van der Waals surface area contributed by atoms with Crippen LogP contribution in [0.4, 0.5) is 4.79 Å².